The molecule has 0 aliphatic rings. The number of hydrogen-bond donors (Lipinski definition) is 2. The molecule has 1 rings (SSSR count). The first-order chi connectivity index (χ1) is 9.11. The summed E-state index contributed by atoms with van der Waals surface area (Å²) in [4.78, 5) is 4.16. The van der Waals surface area contributed by atoms with E-state index in [1.807, 2.05) is 31.2 Å². The molecule has 0 fully saturated rings. The number of anilines is 1. The Labute approximate surface area is 114 Å². The molecule has 1 aromatic rings. The molecule has 0 heterocycles. The van der Waals surface area contributed by atoms with Crippen molar-refractivity contribution in [3.8, 4) is 5.75 Å². The van der Waals surface area contributed by atoms with Crippen molar-refractivity contribution in [3.63, 3.8) is 0 Å². The van der Waals surface area contributed by atoms with E-state index in [0.717, 1.165) is 17.0 Å². The predicted octanol–water partition coefficient (Wildman–Crippen LogP) is 2.01. The third-order valence-electron chi connectivity index (χ3n) is 2.23. The third kappa shape index (κ3) is 6.47. The fraction of sp³-hybridized carbons (Fsp3) is 0.357. The summed E-state index contributed by atoms with van der Waals surface area (Å²) in [5.41, 5.74) is 7.61. The van der Waals surface area contributed by atoms with E-state index in [1.54, 1.807) is 7.11 Å². The number of methoxy groups -OCH3 is 1. The molecule has 0 bridgehead atoms. The zero-order valence-electron chi connectivity index (χ0n) is 11.5. The van der Waals surface area contributed by atoms with Gasteiger partial charge in [-0.1, -0.05) is 12.2 Å². The Balaban J connectivity index is 2.32. The van der Waals surface area contributed by atoms with Crippen LogP contribution in [0.5, 0.6) is 5.75 Å². The second kappa shape index (κ2) is 8.16. The molecule has 0 saturated carbocycles. The number of aliphatic imine (C=N–C) groups is 1. The minimum absolute atomic E-state index is 0.365. The molecule has 3 N–H and O–H groups in total. The molecule has 19 heavy (non-hydrogen) atoms. The highest BCUT2D eigenvalue weighted by atomic mass is 16.5. The molecule has 104 valence electrons. The van der Waals surface area contributed by atoms with E-state index in [9.17, 15) is 0 Å². The summed E-state index contributed by atoms with van der Waals surface area (Å²) >= 11 is 0. The molecular weight excluding hydrogens is 242 g/mol. The van der Waals surface area contributed by atoms with Crippen LogP contribution in [0.4, 0.5) is 5.69 Å². The Bertz CT molecular complexity index is 427. The second-order valence-electron chi connectivity index (χ2n) is 4.13. The van der Waals surface area contributed by atoms with Crippen molar-refractivity contribution in [2.75, 3.05) is 32.2 Å². The standard InChI is InChI=1S/C14H21N3O2/c1-11(2)10-19-9-8-16-14(15)17-12-4-6-13(18-3)7-5-12/h4-7H,1,8-10H2,2-3H3,(H3,15,16,17). The van der Waals surface area contributed by atoms with Crippen LogP contribution in [0.1, 0.15) is 6.92 Å². The predicted molar refractivity (Wildman–Crippen MR) is 78.7 cm³/mol. The van der Waals surface area contributed by atoms with Gasteiger partial charge < -0.3 is 20.5 Å². The summed E-state index contributed by atoms with van der Waals surface area (Å²) in [5.74, 6) is 1.17. The van der Waals surface area contributed by atoms with Crippen LogP contribution in [-0.4, -0.2) is 32.8 Å². The van der Waals surface area contributed by atoms with Crippen LogP contribution >= 0.6 is 0 Å². The number of guanidine groups is 1. The normalized spacial score (nSPS) is 11.2. The average molecular weight is 263 g/mol. The van der Waals surface area contributed by atoms with E-state index in [0.29, 0.717) is 25.7 Å². The Kier molecular flexibility index (Phi) is 6.46. The third-order valence-corrected chi connectivity index (χ3v) is 2.23. The maximum atomic E-state index is 5.75. The van der Waals surface area contributed by atoms with Gasteiger partial charge in [-0.05, 0) is 31.2 Å². The van der Waals surface area contributed by atoms with Gasteiger partial charge in [0, 0.05) is 5.69 Å². The molecule has 1 aromatic carbocycles. The van der Waals surface area contributed by atoms with E-state index in [-0.39, 0.29) is 0 Å². The van der Waals surface area contributed by atoms with Crippen molar-refractivity contribution < 1.29 is 9.47 Å². The van der Waals surface area contributed by atoms with Crippen LogP contribution < -0.4 is 15.8 Å². The van der Waals surface area contributed by atoms with Crippen molar-refractivity contribution in [2.24, 2.45) is 10.7 Å². The van der Waals surface area contributed by atoms with Crippen LogP contribution in [0.3, 0.4) is 0 Å². The van der Waals surface area contributed by atoms with Crippen LogP contribution in [0.15, 0.2) is 41.4 Å². The lowest BCUT2D eigenvalue weighted by atomic mass is 10.3. The van der Waals surface area contributed by atoms with Gasteiger partial charge in [0.25, 0.3) is 0 Å². The van der Waals surface area contributed by atoms with E-state index in [2.05, 4.69) is 16.9 Å². The van der Waals surface area contributed by atoms with Crippen molar-refractivity contribution in [1.82, 2.24) is 0 Å². The number of nitrogens with one attached hydrogen (secondary N) is 1. The number of nitrogens with zero attached hydrogens (tertiary/aromatic N) is 1. The van der Waals surface area contributed by atoms with E-state index in [4.69, 9.17) is 15.2 Å². The Morgan fingerprint density at radius 1 is 1.37 bits per heavy atom. The molecule has 0 unspecified atom stereocenters. The molecule has 0 saturated heterocycles. The summed E-state index contributed by atoms with van der Waals surface area (Å²) in [7, 11) is 1.63. The smallest absolute Gasteiger partial charge is 0.193 e. The molecule has 0 radical (unpaired) electrons. The quantitative estimate of drug-likeness (QED) is 0.342. The average Bonchev–Trinajstić information content (AvgIpc) is 2.39. The Hall–Kier alpha value is -2.01. The maximum absolute atomic E-state index is 5.75. The molecule has 0 aliphatic heterocycles. The van der Waals surface area contributed by atoms with E-state index in [1.165, 1.54) is 0 Å². The second-order valence-corrected chi connectivity index (χ2v) is 4.13. The molecule has 0 spiro atoms. The lowest BCUT2D eigenvalue weighted by Crippen LogP contribution is -2.23. The lowest BCUT2D eigenvalue weighted by Gasteiger charge is -2.07. The van der Waals surface area contributed by atoms with Gasteiger partial charge in [-0.2, -0.15) is 0 Å². The van der Waals surface area contributed by atoms with Gasteiger partial charge in [0.1, 0.15) is 5.75 Å². The summed E-state index contributed by atoms with van der Waals surface area (Å²) in [6.45, 7) is 7.27. The Morgan fingerprint density at radius 3 is 2.63 bits per heavy atom. The minimum atomic E-state index is 0.365. The van der Waals surface area contributed by atoms with Gasteiger partial charge in [-0.3, -0.25) is 4.99 Å². The highest BCUT2D eigenvalue weighted by Crippen LogP contribution is 2.14. The van der Waals surface area contributed by atoms with Gasteiger partial charge in [0.05, 0.1) is 26.9 Å². The number of hydrogen-bond acceptors (Lipinski definition) is 3. The molecule has 5 heteroatoms. The minimum Gasteiger partial charge on any atom is -0.497 e. The van der Waals surface area contributed by atoms with E-state index < -0.39 is 0 Å². The van der Waals surface area contributed by atoms with Crippen molar-refractivity contribution in [2.45, 2.75) is 6.92 Å². The highest BCUT2D eigenvalue weighted by molar-refractivity contribution is 5.92. The number of nitrogens with two attached hydrogens (primary N) is 1. The number of benzene rings is 1. The zero-order valence-corrected chi connectivity index (χ0v) is 11.5. The summed E-state index contributed by atoms with van der Waals surface area (Å²) in [5, 5.41) is 2.99. The summed E-state index contributed by atoms with van der Waals surface area (Å²) in [6.07, 6.45) is 0. The molecule has 0 aromatic heterocycles. The first-order valence-electron chi connectivity index (χ1n) is 6.05. The first kappa shape index (κ1) is 15.0. The number of rotatable bonds is 7. The largest absolute Gasteiger partial charge is 0.497 e. The van der Waals surface area contributed by atoms with E-state index >= 15 is 0 Å². The van der Waals surface area contributed by atoms with Crippen LogP contribution in [0.25, 0.3) is 0 Å². The molecule has 5 nitrogen and oxygen atoms in total. The maximum Gasteiger partial charge on any atom is 0.193 e. The van der Waals surface area contributed by atoms with Gasteiger partial charge in [0.2, 0.25) is 0 Å². The van der Waals surface area contributed by atoms with Crippen LogP contribution in [0, 0.1) is 0 Å². The lowest BCUT2D eigenvalue weighted by molar-refractivity contribution is 0.165. The van der Waals surface area contributed by atoms with Gasteiger partial charge in [-0.15, -0.1) is 0 Å². The monoisotopic (exact) mass is 263 g/mol. The van der Waals surface area contributed by atoms with Crippen LogP contribution in [-0.2, 0) is 4.74 Å². The van der Waals surface area contributed by atoms with Gasteiger partial charge in [0.15, 0.2) is 5.96 Å². The van der Waals surface area contributed by atoms with Crippen LogP contribution in [0.2, 0.25) is 0 Å². The van der Waals surface area contributed by atoms with Crippen molar-refractivity contribution >= 4 is 11.6 Å². The van der Waals surface area contributed by atoms with Crippen molar-refractivity contribution in [3.05, 3.63) is 36.4 Å². The zero-order chi connectivity index (χ0) is 14.1. The number of ether oxygens (including phenoxy) is 2. The molecule has 0 aliphatic carbocycles. The van der Waals surface area contributed by atoms with Gasteiger partial charge in [-0.25, -0.2) is 0 Å². The summed E-state index contributed by atoms with van der Waals surface area (Å²) < 4.78 is 10.4. The Morgan fingerprint density at radius 2 is 2.05 bits per heavy atom. The fourth-order valence-electron chi connectivity index (χ4n) is 1.34. The first-order valence-corrected chi connectivity index (χ1v) is 6.05. The molecule has 0 amide bonds. The SMILES string of the molecule is C=C(C)COCCN=C(N)Nc1ccc(OC)cc1. The highest BCUT2D eigenvalue weighted by Gasteiger charge is 1.96. The van der Waals surface area contributed by atoms with Gasteiger partial charge >= 0.3 is 0 Å². The topological polar surface area (TPSA) is 68.9 Å². The summed E-state index contributed by atoms with van der Waals surface area (Å²) in [6, 6.07) is 7.45. The fourth-order valence-corrected chi connectivity index (χ4v) is 1.34. The van der Waals surface area contributed by atoms with Crippen molar-refractivity contribution in [1.29, 1.82) is 0 Å². The molecule has 0 atom stereocenters. The molecular formula is C14H21N3O2.